The summed E-state index contributed by atoms with van der Waals surface area (Å²) in [5.41, 5.74) is 0.958. The predicted octanol–water partition coefficient (Wildman–Crippen LogP) is 2.97. The van der Waals surface area contributed by atoms with Gasteiger partial charge in [-0.25, -0.2) is 13.4 Å². The maximum atomic E-state index is 13.0. The first kappa shape index (κ1) is 21.4. The summed E-state index contributed by atoms with van der Waals surface area (Å²) in [4.78, 5) is 25.6. The van der Waals surface area contributed by atoms with E-state index < -0.39 is 16.1 Å². The van der Waals surface area contributed by atoms with Crippen LogP contribution in [0.5, 0.6) is 11.6 Å². The Balaban J connectivity index is 1.55. The van der Waals surface area contributed by atoms with E-state index in [-0.39, 0.29) is 22.6 Å². The average Bonchev–Trinajstić information content (AvgIpc) is 3.03. The smallest absolute Gasteiger partial charge is 0.263 e. The fourth-order valence-electron chi connectivity index (χ4n) is 3.19. The number of ether oxygens (including phenoxy) is 1. The number of nitrogens with zero attached hydrogens (tertiary/aromatic N) is 3. The van der Waals surface area contributed by atoms with E-state index in [4.69, 9.17) is 4.74 Å². The highest BCUT2D eigenvalue weighted by molar-refractivity contribution is 7.90. The number of fused-ring (bicyclic) bond motifs is 1. The Labute approximate surface area is 185 Å². The molecular formula is C22H21N5O4S. The summed E-state index contributed by atoms with van der Waals surface area (Å²) in [5, 5.41) is 2.83. The fraction of sp³-hybridized carbons (Fsp3) is 0.182. The van der Waals surface area contributed by atoms with Gasteiger partial charge in [0.2, 0.25) is 11.8 Å². The normalized spacial score (nSPS) is 16.3. The molecule has 10 heteroatoms. The minimum atomic E-state index is -3.69. The van der Waals surface area contributed by atoms with E-state index in [9.17, 15) is 13.2 Å². The number of rotatable bonds is 6. The van der Waals surface area contributed by atoms with Crippen molar-refractivity contribution in [2.45, 2.75) is 24.8 Å². The largest absolute Gasteiger partial charge is 0.437 e. The van der Waals surface area contributed by atoms with Gasteiger partial charge < -0.3 is 10.1 Å². The van der Waals surface area contributed by atoms with Crippen molar-refractivity contribution in [3.05, 3.63) is 72.7 Å². The van der Waals surface area contributed by atoms with Crippen molar-refractivity contribution in [3.63, 3.8) is 0 Å². The number of anilines is 1. The van der Waals surface area contributed by atoms with Crippen molar-refractivity contribution in [2.75, 3.05) is 5.32 Å². The van der Waals surface area contributed by atoms with E-state index in [1.165, 1.54) is 18.5 Å². The van der Waals surface area contributed by atoms with Gasteiger partial charge in [0.25, 0.3) is 10.0 Å². The van der Waals surface area contributed by atoms with Gasteiger partial charge in [-0.2, -0.15) is 0 Å². The van der Waals surface area contributed by atoms with Crippen LogP contribution >= 0.6 is 0 Å². The molecule has 2 heterocycles. The molecule has 0 bridgehead atoms. The van der Waals surface area contributed by atoms with Gasteiger partial charge in [-0.15, -0.1) is 0 Å². The molecule has 3 aromatic rings. The summed E-state index contributed by atoms with van der Waals surface area (Å²) < 4.78 is 32.8. The van der Waals surface area contributed by atoms with Crippen LogP contribution in [-0.4, -0.2) is 36.2 Å². The molecule has 2 aromatic carbocycles. The number of benzene rings is 2. The third kappa shape index (κ3) is 4.59. The summed E-state index contributed by atoms with van der Waals surface area (Å²) in [6.07, 6.45) is 4.54. The molecule has 32 heavy (non-hydrogen) atoms. The molecule has 0 radical (unpaired) electrons. The van der Waals surface area contributed by atoms with Crippen molar-refractivity contribution < 1.29 is 17.9 Å². The maximum Gasteiger partial charge on any atom is 0.263 e. The lowest BCUT2D eigenvalue weighted by atomic mass is 10.0. The summed E-state index contributed by atoms with van der Waals surface area (Å²) >= 11 is 0. The second-order valence-corrected chi connectivity index (χ2v) is 9.08. The molecule has 0 spiro atoms. The van der Waals surface area contributed by atoms with E-state index in [1.54, 1.807) is 48.7 Å². The molecule has 0 unspecified atom stereocenters. The molecule has 0 fully saturated rings. The number of sulfonamides is 1. The van der Waals surface area contributed by atoms with Crippen LogP contribution in [0.15, 0.2) is 77.0 Å². The minimum absolute atomic E-state index is 0.149. The molecular weight excluding hydrogens is 430 g/mol. The zero-order valence-electron chi connectivity index (χ0n) is 17.4. The van der Waals surface area contributed by atoms with Gasteiger partial charge in [-0.05, 0) is 30.2 Å². The third-order valence-corrected chi connectivity index (χ3v) is 6.09. The Morgan fingerprint density at radius 2 is 1.94 bits per heavy atom. The predicted molar refractivity (Wildman–Crippen MR) is 119 cm³/mol. The molecule has 4 rings (SSSR count). The lowest BCUT2D eigenvalue weighted by Crippen LogP contribution is -2.34. The third-order valence-electron chi connectivity index (χ3n) is 4.69. The number of hydrogen-bond donors (Lipinski definition) is 2. The first-order valence-electron chi connectivity index (χ1n) is 9.88. The maximum absolute atomic E-state index is 13.0. The lowest BCUT2D eigenvalue weighted by Gasteiger charge is -2.17. The Morgan fingerprint density at radius 3 is 2.69 bits per heavy atom. The minimum Gasteiger partial charge on any atom is -0.437 e. The van der Waals surface area contributed by atoms with E-state index in [2.05, 4.69) is 25.0 Å². The molecule has 1 atom stereocenters. The first-order chi connectivity index (χ1) is 15.3. The summed E-state index contributed by atoms with van der Waals surface area (Å²) in [5.74, 6) is 0.420. The van der Waals surface area contributed by atoms with Crippen LogP contribution in [-0.2, 0) is 14.8 Å². The number of nitrogens with one attached hydrogen (secondary N) is 2. The van der Waals surface area contributed by atoms with Crippen LogP contribution in [0.1, 0.15) is 19.4 Å². The summed E-state index contributed by atoms with van der Waals surface area (Å²) in [6, 6.07) is 12.6. The molecule has 9 nitrogen and oxygen atoms in total. The highest BCUT2D eigenvalue weighted by Crippen LogP contribution is 2.25. The Morgan fingerprint density at radius 1 is 1.12 bits per heavy atom. The number of hydrogen-bond acceptors (Lipinski definition) is 7. The molecule has 1 amide bonds. The van der Waals surface area contributed by atoms with Gasteiger partial charge in [0.15, 0.2) is 0 Å². The van der Waals surface area contributed by atoms with Crippen molar-refractivity contribution in [1.82, 2.24) is 14.7 Å². The Kier molecular flexibility index (Phi) is 5.87. The number of carbonyl (C=O) groups is 1. The standard InChI is InChI=1S/C22H21N5O4S/c1-14(2)20(26-21-17-8-3-4-9-18(17)32(29,30)27-21)22(28)25-15-6-5-7-16(12-15)31-19-13-23-10-11-24-19/h3-14,20H,1-2H3,(H,25,28)(H,26,27)/t20-/m0/s1. The average molecular weight is 452 g/mol. The van der Waals surface area contributed by atoms with Crippen LogP contribution in [0.2, 0.25) is 0 Å². The van der Waals surface area contributed by atoms with Crippen LogP contribution < -0.4 is 14.8 Å². The second-order valence-electron chi connectivity index (χ2n) is 7.43. The SMILES string of the molecule is CC(C)[C@H](N=C1NS(=O)(=O)c2ccccc21)C(=O)Nc1cccc(Oc2cnccn2)c1. The van der Waals surface area contributed by atoms with Crippen LogP contribution in [0.25, 0.3) is 0 Å². The molecule has 2 N–H and O–H groups in total. The molecule has 1 aliphatic rings. The molecule has 1 aliphatic heterocycles. The Bertz CT molecular complexity index is 1280. The number of aromatic nitrogens is 2. The van der Waals surface area contributed by atoms with E-state index in [0.29, 0.717) is 22.9 Å². The van der Waals surface area contributed by atoms with Crippen molar-refractivity contribution in [3.8, 4) is 11.6 Å². The number of carbonyl (C=O) groups excluding carboxylic acids is 1. The second kappa shape index (κ2) is 8.75. The van der Waals surface area contributed by atoms with Gasteiger partial charge in [0.1, 0.15) is 17.6 Å². The number of amidine groups is 1. The topological polar surface area (TPSA) is 123 Å². The lowest BCUT2D eigenvalue weighted by molar-refractivity contribution is -0.118. The van der Waals surface area contributed by atoms with Crippen LogP contribution in [0.4, 0.5) is 5.69 Å². The van der Waals surface area contributed by atoms with Gasteiger partial charge >= 0.3 is 0 Å². The summed E-state index contributed by atoms with van der Waals surface area (Å²) in [6.45, 7) is 3.69. The molecule has 1 aromatic heterocycles. The Hall–Kier alpha value is -3.79. The van der Waals surface area contributed by atoms with Crippen molar-refractivity contribution in [1.29, 1.82) is 0 Å². The highest BCUT2D eigenvalue weighted by atomic mass is 32.2. The van der Waals surface area contributed by atoms with Crippen LogP contribution in [0.3, 0.4) is 0 Å². The number of aliphatic imine (C=N–C) groups is 1. The number of amides is 1. The quantitative estimate of drug-likeness (QED) is 0.594. The molecule has 0 saturated heterocycles. The zero-order valence-corrected chi connectivity index (χ0v) is 18.2. The van der Waals surface area contributed by atoms with Gasteiger partial charge in [-0.1, -0.05) is 32.0 Å². The van der Waals surface area contributed by atoms with Gasteiger partial charge in [0, 0.05) is 29.7 Å². The highest BCUT2D eigenvalue weighted by Gasteiger charge is 2.32. The zero-order chi connectivity index (χ0) is 22.7. The molecule has 164 valence electrons. The molecule has 0 aliphatic carbocycles. The van der Waals surface area contributed by atoms with Crippen molar-refractivity contribution >= 4 is 27.5 Å². The van der Waals surface area contributed by atoms with E-state index in [1.807, 2.05) is 13.8 Å². The fourth-order valence-corrected chi connectivity index (χ4v) is 4.43. The summed E-state index contributed by atoms with van der Waals surface area (Å²) in [7, 11) is -3.69. The monoisotopic (exact) mass is 451 g/mol. The molecule has 0 saturated carbocycles. The van der Waals surface area contributed by atoms with Gasteiger partial charge in [0.05, 0.1) is 11.1 Å². The van der Waals surface area contributed by atoms with E-state index >= 15 is 0 Å². The van der Waals surface area contributed by atoms with Gasteiger partial charge in [-0.3, -0.25) is 19.5 Å². The van der Waals surface area contributed by atoms with Crippen LogP contribution in [0, 0.1) is 5.92 Å². The van der Waals surface area contributed by atoms with E-state index in [0.717, 1.165) is 0 Å². The van der Waals surface area contributed by atoms with Crippen molar-refractivity contribution in [2.24, 2.45) is 10.9 Å². The first-order valence-corrected chi connectivity index (χ1v) is 11.4.